The summed E-state index contributed by atoms with van der Waals surface area (Å²) in [4.78, 5) is 18.5. The first-order valence-corrected chi connectivity index (χ1v) is 7.52. The van der Waals surface area contributed by atoms with Gasteiger partial charge in [0.25, 0.3) is 0 Å². The van der Waals surface area contributed by atoms with Gasteiger partial charge in [0.2, 0.25) is 11.7 Å². The Balaban J connectivity index is 1.81. The molecule has 0 saturated heterocycles. The van der Waals surface area contributed by atoms with E-state index in [-0.39, 0.29) is 35.0 Å². The summed E-state index contributed by atoms with van der Waals surface area (Å²) in [5.74, 6) is -4.14. The van der Waals surface area contributed by atoms with E-state index in [0.717, 1.165) is 0 Å². The normalized spacial score (nSPS) is 11.3. The molecule has 0 atom stereocenters. The maximum atomic E-state index is 14.5. The molecule has 0 aliphatic rings. The van der Waals surface area contributed by atoms with Gasteiger partial charge in [-0.25, -0.2) is 4.79 Å². The van der Waals surface area contributed by atoms with Crippen LogP contribution in [0.2, 0.25) is 0 Å². The van der Waals surface area contributed by atoms with E-state index in [1.807, 2.05) is 0 Å². The van der Waals surface area contributed by atoms with E-state index in [4.69, 9.17) is 9.63 Å². The number of nitrogens with zero attached hydrogens (tertiary/aromatic N) is 3. The molecule has 6 nitrogen and oxygen atoms in total. The largest absolute Gasteiger partial charge is 0.478 e. The molecule has 0 bridgehead atoms. The van der Waals surface area contributed by atoms with Gasteiger partial charge in [-0.3, -0.25) is 4.98 Å². The molecule has 0 spiro atoms. The summed E-state index contributed by atoms with van der Waals surface area (Å²) < 4.78 is 33.9. The number of alkyl halides is 2. The van der Waals surface area contributed by atoms with Crippen LogP contribution in [0.3, 0.4) is 0 Å². The van der Waals surface area contributed by atoms with Crippen molar-refractivity contribution >= 4 is 5.97 Å². The van der Waals surface area contributed by atoms with Crippen molar-refractivity contribution in [3.05, 3.63) is 78.0 Å². The summed E-state index contributed by atoms with van der Waals surface area (Å²) in [7, 11) is 0. The lowest BCUT2D eigenvalue weighted by molar-refractivity contribution is -0.132. The smallest absolute Gasteiger partial charge is 0.331 e. The molecule has 1 aromatic carbocycles. The van der Waals surface area contributed by atoms with Gasteiger partial charge in [-0.2, -0.15) is 13.8 Å². The molecule has 0 saturated carbocycles. The van der Waals surface area contributed by atoms with Crippen molar-refractivity contribution in [2.75, 3.05) is 0 Å². The van der Waals surface area contributed by atoms with Crippen LogP contribution in [0.15, 0.2) is 65.3 Å². The van der Waals surface area contributed by atoms with E-state index in [1.165, 1.54) is 42.6 Å². The van der Waals surface area contributed by atoms with Gasteiger partial charge in [0, 0.05) is 22.9 Å². The molecule has 0 fully saturated rings. The van der Waals surface area contributed by atoms with Crippen LogP contribution in [-0.2, 0) is 17.1 Å². The van der Waals surface area contributed by atoms with E-state index in [2.05, 4.69) is 21.7 Å². The van der Waals surface area contributed by atoms with Gasteiger partial charge >= 0.3 is 11.9 Å². The Morgan fingerprint density at radius 3 is 2.54 bits per heavy atom. The number of halogens is 2. The first kappa shape index (κ1) is 17.4. The van der Waals surface area contributed by atoms with Crippen LogP contribution < -0.4 is 0 Å². The van der Waals surface area contributed by atoms with Crippen molar-refractivity contribution in [3.8, 4) is 11.4 Å². The Morgan fingerprint density at radius 1 is 1.19 bits per heavy atom. The van der Waals surface area contributed by atoms with E-state index in [9.17, 15) is 13.6 Å². The van der Waals surface area contributed by atoms with Gasteiger partial charge in [0.1, 0.15) is 5.69 Å². The van der Waals surface area contributed by atoms with Gasteiger partial charge < -0.3 is 9.63 Å². The molecule has 2 aromatic heterocycles. The summed E-state index contributed by atoms with van der Waals surface area (Å²) in [6.45, 7) is 3.38. The second kappa shape index (κ2) is 6.83. The second-order valence-electron chi connectivity index (χ2n) is 5.46. The van der Waals surface area contributed by atoms with Gasteiger partial charge in [-0.05, 0) is 12.1 Å². The Morgan fingerprint density at radius 2 is 1.92 bits per heavy atom. The predicted octanol–water partition coefficient (Wildman–Crippen LogP) is 3.46. The lowest BCUT2D eigenvalue weighted by atomic mass is 10.0. The van der Waals surface area contributed by atoms with E-state index < -0.39 is 11.9 Å². The minimum Gasteiger partial charge on any atom is -0.478 e. The number of benzene rings is 1. The highest BCUT2D eigenvalue weighted by Gasteiger charge is 2.35. The zero-order chi connectivity index (χ0) is 18.7. The molecule has 8 heteroatoms. The fourth-order valence-electron chi connectivity index (χ4n) is 2.23. The summed E-state index contributed by atoms with van der Waals surface area (Å²) in [5.41, 5.74) is -0.197. The number of aromatic nitrogens is 3. The van der Waals surface area contributed by atoms with Crippen LogP contribution in [0.4, 0.5) is 8.78 Å². The van der Waals surface area contributed by atoms with Crippen molar-refractivity contribution in [1.29, 1.82) is 0 Å². The van der Waals surface area contributed by atoms with Gasteiger partial charge in [-0.15, -0.1) is 0 Å². The standard InChI is InChI=1S/C18H13F2N3O3/c1-11(17(24)25)10-15-22-16(23-26-15)12-5-7-13(8-6-12)18(19,20)14-4-2-3-9-21-14/h2-9H,1,10H2,(H,24,25). The highest BCUT2D eigenvalue weighted by Crippen LogP contribution is 2.34. The number of carboxylic acids is 1. The zero-order valence-electron chi connectivity index (χ0n) is 13.4. The minimum absolute atomic E-state index is 0.0790. The molecule has 2 heterocycles. The third kappa shape index (κ3) is 3.49. The minimum atomic E-state index is -3.23. The summed E-state index contributed by atoms with van der Waals surface area (Å²) in [5, 5.41) is 12.5. The van der Waals surface area contributed by atoms with E-state index in [1.54, 1.807) is 6.07 Å². The lowest BCUT2D eigenvalue weighted by Gasteiger charge is -2.16. The Labute approximate surface area is 146 Å². The summed E-state index contributed by atoms with van der Waals surface area (Å²) >= 11 is 0. The van der Waals surface area contributed by atoms with Crippen LogP contribution in [0.5, 0.6) is 0 Å². The summed E-state index contributed by atoms with van der Waals surface area (Å²) in [6.07, 6.45) is 1.21. The average molecular weight is 357 g/mol. The van der Waals surface area contributed by atoms with Gasteiger partial charge in [0.05, 0.1) is 6.42 Å². The molecule has 3 aromatic rings. The predicted molar refractivity (Wildman–Crippen MR) is 87.4 cm³/mol. The van der Waals surface area contributed by atoms with Crippen molar-refractivity contribution in [2.45, 2.75) is 12.3 Å². The number of hydrogen-bond acceptors (Lipinski definition) is 5. The number of carbonyl (C=O) groups is 1. The fourth-order valence-corrected chi connectivity index (χ4v) is 2.23. The number of carboxylic acid groups (broad SMARTS) is 1. The molecule has 0 radical (unpaired) electrons. The lowest BCUT2D eigenvalue weighted by Crippen LogP contribution is -2.16. The van der Waals surface area contributed by atoms with Gasteiger partial charge in [-0.1, -0.05) is 42.1 Å². The van der Waals surface area contributed by atoms with Crippen LogP contribution in [0.25, 0.3) is 11.4 Å². The monoisotopic (exact) mass is 357 g/mol. The number of aliphatic carboxylic acids is 1. The third-order valence-electron chi connectivity index (χ3n) is 3.63. The highest BCUT2D eigenvalue weighted by molar-refractivity contribution is 5.86. The molecule has 26 heavy (non-hydrogen) atoms. The SMILES string of the molecule is C=C(Cc1nc(-c2ccc(C(F)(F)c3ccccn3)cc2)no1)C(=O)O. The molecular weight excluding hydrogens is 344 g/mol. The first-order chi connectivity index (χ1) is 12.4. The number of pyridine rings is 1. The Hall–Kier alpha value is -3.42. The molecule has 0 aliphatic heterocycles. The Kier molecular flexibility index (Phi) is 4.57. The van der Waals surface area contributed by atoms with Crippen molar-refractivity contribution in [1.82, 2.24) is 15.1 Å². The maximum Gasteiger partial charge on any atom is 0.331 e. The number of rotatable bonds is 6. The molecule has 0 amide bonds. The second-order valence-corrected chi connectivity index (χ2v) is 5.46. The van der Waals surface area contributed by atoms with Crippen molar-refractivity contribution in [3.63, 3.8) is 0 Å². The fraction of sp³-hybridized carbons (Fsp3) is 0.111. The average Bonchev–Trinajstić information content (AvgIpc) is 3.11. The Bertz CT molecular complexity index is 938. The van der Waals surface area contributed by atoms with Gasteiger partial charge in [0.15, 0.2) is 0 Å². The van der Waals surface area contributed by atoms with Crippen LogP contribution >= 0.6 is 0 Å². The molecule has 0 unspecified atom stereocenters. The summed E-state index contributed by atoms with van der Waals surface area (Å²) in [6, 6.07) is 9.72. The first-order valence-electron chi connectivity index (χ1n) is 7.52. The molecule has 0 aliphatic carbocycles. The number of hydrogen-bond donors (Lipinski definition) is 1. The molecule has 1 N–H and O–H groups in total. The van der Waals surface area contributed by atoms with Crippen LogP contribution in [-0.4, -0.2) is 26.2 Å². The van der Waals surface area contributed by atoms with E-state index in [0.29, 0.717) is 5.56 Å². The van der Waals surface area contributed by atoms with Crippen LogP contribution in [0.1, 0.15) is 17.1 Å². The topological polar surface area (TPSA) is 89.1 Å². The van der Waals surface area contributed by atoms with Crippen LogP contribution in [0, 0.1) is 0 Å². The third-order valence-corrected chi connectivity index (χ3v) is 3.63. The maximum absolute atomic E-state index is 14.5. The van der Waals surface area contributed by atoms with Crippen molar-refractivity contribution in [2.24, 2.45) is 0 Å². The molecule has 3 rings (SSSR count). The highest BCUT2D eigenvalue weighted by atomic mass is 19.3. The molecule has 132 valence electrons. The molecular formula is C18H13F2N3O3. The van der Waals surface area contributed by atoms with Crippen molar-refractivity contribution < 1.29 is 23.2 Å². The van der Waals surface area contributed by atoms with E-state index >= 15 is 0 Å². The zero-order valence-corrected chi connectivity index (χ0v) is 13.4. The quantitative estimate of drug-likeness (QED) is 0.680.